The van der Waals surface area contributed by atoms with E-state index < -0.39 is 17.8 Å². The summed E-state index contributed by atoms with van der Waals surface area (Å²) < 4.78 is 24.4. The molecular weight excluding hydrogens is 437 g/mol. The first kappa shape index (κ1) is 24.8. The Labute approximate surface area is 198 Å². The molecule has 2 amide bonds. The number of urea groups is 1. The summed E-state index contributed by atoms with van der Waals surface area (Å²) in [6, 6.07) is 11.6. The van der Waals surface area contributed by atoms with Crippen molar-refractivity contribution in [2.24, 2.45) is 0 Å². The average molecular weight is 468 g/mol. The van der Waals surface area contributed by atoms with Crippen LogP contribution in [0.2, 0.25) is 0 Å². The molecule has 0 saturated carbocycles. The van der Waals surface area contributed by atoms with Gasteiger partial charge in [-0.05, 0) is 74.2 Å². The maximum Gasteiger partial charge on any atom is 0.355 e. The maximum atomic E-state index is 14.0. The van der Waals surface area contributed by atoms with Gasteiger partial charge >= 0.3 is 12.0 Å². The van der Waals surface area contributed by atoms with Crippen molar-refractivity contribution >= 4 is 17.7 Å². The number of halogens is 1. The molecule has 1 heterocycles. The Bertz CT molecular complexity index is 1170. The predicted octanol–water partition coefficient (Wildman–Crippen LogP) is 5.50. The molecule has 3 aromatic rings. The van der Waals surface area contributed by atoms with Crippen LogP contribution in [-0.2, 0) is 17.8 Å². The van der Waals surface area contributed by atoms with Crippen LogP contribution in [0, 0.1) is 26.6 Å². The number of nitrogens with one attached hydrogen (secondary N) is 2. The first-order valence-corrected chi connectivity index (χ1v) is 11.0. The molecule has 0 saturated heterocycles. The topological polar surface area (TPSA) is 83.7 Å². The summed E-state index contributed by atoms with van der Waals surface area (Å²) in [7, 11) is 1.59. The van der Waals surface area contributed by atoms with Gasteiger partial charge in [-0.2, -0.15) is 0 Å². The minimum Gasteiger partial charge on any atom is -0.497 e. The molecule has 0 fully saturated rings. The van der Waals surface area contributed by atoms with Crippen molar-refractivity contribution in [1.82, 2.24) is 9.88 Å². The van der Waals surface area contributed by atoms with E-state index in [2.05, 4.69) is 10.3 Å². The highest BCUT2D eigenvalue weighted by molar-refractivity contribution is 5.91. The van der Waals surface area contributed by atoms with Crippen LogP contribution in [0.1, 0.15) is 45.4 Å². The zero-order chi connectivity index (χ0) is 24.8. The molecule has 2 N–H and O–H groups in total. The normalized spacial score (nSPS) is 10.6. The number of aromatic amines is 1. The number of aryl methyl sites for hydroxylation is 2. The number of rotatable bonds is 8. The first-order valence-electron chi connectivity index (χ1n) is 11.0. The largest absolute Gasteiger partial charge is 0.497 e. The van der Waals surface area contributed by atoms with Gasteiger partial charge in [0.15, 0.2) is 0 Å². The van der Waals surface area contributed by atoms with E-state index in [4.69, 9.17) is 9.47 Å². The molecule has 0 aliphatic carbocycles. The van der Waals surface area contributed by atoms with E-state index in [9.17, 15) is 14.0 Å². The van der Waals surface area contributed by atoms with Crippen LogP contribution in [0.5, 0.6) is 5.75 Å². The van der Waals surface area contributed by atoms with Gasteiger partial charge in [0.25, 0.3) is 0 Å². The second-order valence-corrected chi connectivity index (χ2v) is 8.05. The zero-order valence-corrected chi connectivity index (χ0v) is 20.1. The fourth-order valence-electron chi connectivity index (χ4n) is 3.65. The Balaban J connectivity index is 1.90. The smallest absolute Gasteiger partial charge is 0.355 e. The van der Waals surface area contributed by atoms with Crippen LogP contribution < -0.4 is 10.1 Å². The number of carbonyl (C=O) groups excluding carboxylic acids is 2. The Morgan fingerprint density at radius 3 is 2.38 bits per heavy atom. The van der Waals surface area contributed by atoms with Gasteiger partial charge in [0.1, 0.15) is 17.3 Å². The summed E-state index contributed by atoms with van der Waals surface area (Å²) in [5, 5.41) is 2.78. The van der Waals surface area contributed by atoms with E-state index in [0.717, 1.165) is 22.4 Å². The van der Waals surface area contributed by atoms with Gasteiger partial charge in [-0.25, -0.2) is 14.0 Å². The minimum absolute atomic E-state index is 0.236. The number of amides is 2. The van der Waals surface area contributed by atoms with Crippen molar-refractivity contribution < 1.29 is 23.5 Å². The van der Waals surface area contributed by atoms with E-state index in [1.165, 1.54) is 6.07 Å². The predicted molar refractivity (Wildman–Crippen MR) is 129 cm³/mol. The van der Waals surface area contributed by atoms with Gasteiger partial charge in [-0.1, -0.05) is 18.2 Å². The first-order chi connectivity index (χ1) is 16.2. The van der Waals surface area contributed by atoms with Gasteiger partial charge in [0.05, 0.1) is 13.7 Å². The fraction of sp³-hybridized carbons (Fsp3) is 0.308. The van der Waals surface area contributed by atoms with Gasteiger partial charge in [-0.15, -0.1) is 0 Å². The molecule has 7 nitrogen and oxygen atoms in total. The van der Waals surface area contributed by atoms with Crippen LogP contribution in [0.15, 0.2) is 42.5 Å². The number of ether oxygens (including phenoxy) is 2. The summed E-state index contributed by atoms with van der Waals surface area (Å²) in [6.07, 6.45) is 0. The van der Waals surface area contributed by atoms with Crippen LogP contribution in [0.25, 0.3) is 0 Å². The molecule has 0 aliphatic heterocycles. The number of hydrogen-bond acceptors (Lipinski definition) is 4. The summed E-state index contributed by atoms with van der Waals surface area (Å²) in [6.45, 7) is 7.88. The summed E-state index contributed by atoms with van der Waals surface area (Å²) in [5.74, 6) is -0.113. The fourth-order valence-corrected chi connectivity index (χ4v) is 3.65. The van der Waals surface area contributed by atoms with E-state index in [1.807, 2.05) is 38.1 Å². The number of aromatic nitrogens is 1. The molecule has 0 atom stereocenters. The lowest BCUT2D eigenvalue weighted by atomic mass is 10.1. The number of methoxy groups -OCH3 is 1. The standard InChI is InChI=1S/C26H30FN3O4/c1-6-34-25(31)24-17(3)22(18(4)28-24)15-30(14-19-8-11-21(33-5)12-9-19)26(32)29-20-10-7-16(2)23(27)13-20/h7-13,28H,6,14-15H2,1-5H3,(H,29,32). The van der Waals surface area contributed by atoms with Crippen LogP contribution in [0.4, 0.5) is 14.9 Å². The number of carbonyl (C=O) groups is 2. The highest BCUT2D eigenvalue weighted by Crippen LogP contribution is 2.23. The van der Waals surface area contributed by atoms with Crippen LogP contribution >= 0.6 is 0 Å². The monoisotopic (exact) mass is 467 g/mol. The van der Waals surface area contributed by atoms with E-state index in [-0.39, 0.29) is 13.2 Å². The maximum absolute atomic E-state index is 14.0. The number of hydrogen-bond donors (Lipinski definition) is 2. The van der Waals surface area contributed by atoms with Gasteiger partial charge < -0.3 is 24.7 Å². The van der Waals surface area contributed by atoms with Gasteiger partial charge in [0, 0.05) is 24.5 Å². The zero-order valence-electron chi connectivity index (χ0n) is 20.1. The molecule has 1 aromatic heterocycles. The Kier molecular flexibility index (Phi) is 7.94. The van der Waals surface area contributed by atoms with E-state index in [0.29, 0.717) is 29.2 Å². The molecule has 2 aromatic carbocycles. The lowest BCUT2D eigenvalue weighted by Gasteiger charge is -2.24. The van der Waals surface area contributed by atoms with Crippen molar-refractivity contribution in [2.45, 2.75) is 40.8 Å². The second-order valence-electron chi connectivity index (χ2n) is 8.05. The highest BCUT2D eigenvalue weighted by Gasteiger charge is 2.23. The second kappa shape index (κ2) is 10.9. The minimum atomic E-state index is -0.435. The molecule has 34 heavy (non-hydrogen) atoms. The molecule has 0 spiro atoms. The van der Waals surface area contributed by atoms with Crippen molar-refractivity contribution in [2.75, 3.05) is 19.0 Å². The molecule has 0 unspecified atom stereocenters. The third-order valence-electron chi connectivity index (χ3n) is 5.66. The third-order valence-corrected chi connectivity index (χ3v) is 5.66. The third kappa shape index (κ3) is 5.75. The quantitative estimate of drug-likeness (QED) is 0.429. The van der Waals surface area contributed by atoms with Crippen LogP contribution in [0.3, 0.4) is 0 Å². The number of esters is 1. The van der Waals surface area contributed by atoms with Crippen molar-refractivity contribution in [3.63, 3.8) is 0 Å². The molecule has 0 bridgehead atoms. The van der Waals surface area contributed by atoms with Crippen LogP contribution in [-0.4, -0.2) is 35.6 Å². The van der Waals surface area contributed by atoms with Crippen molar-refractivity contribution in [1.29, 1.82) is 0 Å². The molecule has 180 valence electrons. The Hall–Kier alpha value is -3.81. The number of nitrogens with zero attached hydrogens (tertiary/aromatic N) is 1. The lowest BCUT2D eigenvalue weighted by Crippen LogP contribution is -2.34. The Morgan fingerprint density at radius 2 is 1.76 bits per heavy atom. The molecule has 0 aliphatic rings. The average Bonchev–Trinajstić information content (AvgIpc) is 3.10. The molecule has 0 radical (unpaired) electrons. The Morgan fingerprint density at radius 1 is 1.06 bits per heavy atom. The molecule has 8 heteroatoms. The highest BCUT2D eigenvalue weighted by atomic mass is 19.1. The summed E-state index contributed by atoms with van der Waals surface area (Å²) in [4.78, 5) is 30.3. The van der Waals surface area contributed by atoms with Crippen molar-refractivity contribution in [3.8, 4) is 5.75 Å². The van der Waals surface area contributed by atoms with E-state index in [1.54, 1.807) is 38.0 Å². The summed E-state index contributed by atoms with van der Waals surface area (Å²) >= 11 is 0. The number of H-pyrrole nitrogens is 1. The SMILES string of the molecule is CCOC(=O)c1[nH]c(C)c(CN(Cc2ccc(OC)cc2)C(=O)Nc2ccc(C)c(F)c2)c1C. The number of anilines is 1. The molecular formula is C26H30FN3O4. The lowest BCUT2D eigenvalue weighted by molar-refractivity contribution is 0.0519. The number of benzene rings is 2. The van der Waals surface area contributed by atoms with E-state index >= 15 is 0 Å². The van der Waals surface area contributed by atoms with Crippen molar-refractivity contribution in [3.05, 3.63) is 81.9 Å². The molecule has 3 rings (SSSR count). The van der Waals surface area contributed by atoms with Gasteiger partial charge in [0.2, 0.25) is 0 Å². The summed E-state index contributed by atoms with van der Waals surface area (Å²) in [5.41, 5.74) is 4.45. The van der Waals surface area contributed by atoms with Gasteiger partial charge in [-0.3, -0.25) is 0 Å².